The fourth-order valence-electron chi connectivity index (χ4n) is 1.39. The van der Waals surface area contributed by atoms with Crippen LogP contribution in [0.2, 0.25) is 0 Å². The zero-order valence-electron chi connectivity index (χ0n) is 6.43. The van der Waals surface area contributed by atoms with E-state index in [4.69, 9.17) is 5.11 Å². The van der Waals surface area contributed by atoms with Gasteiger partial charge in [-0.25, -0.2) is 0 Å². The summed E-state index contributed by atoms with van der Waals surface area (Å²) >= 11 is 0. The van der Waals surface area contributed by atoms with Gasteiger partial charge in [-0.05, 0) is 19.9 Å². The highest BCUT2D eigenvalue weighted by Crippen LogP contribution is 2.04. The minimum absolute atomic E-state index is 0.239. The van der Waals surface area contributed by atoms with Crippen LogP contribution in [0.25, 0.3) is 0 Å². The molecule has 0 aliphatic carbocycles. The summed E-state index contributed by atoms with van der Waals surface area (Å²) in [5.74, 6) is 0. The average molecular weight is 144 g/mol. The topological polar surface area (TPSA) is 44.3 Å². The molecular weight excluding hydrogens is 128 g/mol. The molecule has 1 heterocycles. The molecule has 3 nitrogen and oxygen atoms in total. The molecule has 1 aliphatic rings. The highest BCUT2D eigenvalue weighted by molar-refractivity contribution is 4.85. The Balaban J connectivity index is 2.14. The maximum atomic E-state index is 8.53. The molecule has 1 fully saturated rings. The molecular formula is C7H16N2O. The Morgan fingerprint density at radius 3 is 3.00 bits per heavy atom. The predicted octanol–water partition coefficient (Wildman–Crippen LogP) is -0.681. The minimum Gasteiger partial charge on any atom is -0.395 e. The Hall–Kier alpha value is -0.120. The van der Waals surface area contributed by atoms with E-state index < -0.39 is 0 Å². The molecule has 0 saturated carbocycles. The van der Waals surface area contributed by atoms with E-state index in [2.05, 4.69) is 17.6 Å². The molecule has 0 aromatic carbocycles. The highest BCUT2D eigenvalue weighted by Gasteiger charge is 2.20. The Morgan fingerprint density at radius 1 is 1.70 bits per heavy atom. The Labute approximate surface area is 61.8 Å². The van der Waals surface area contributed by atoms with Crippen molar-refractivity contribution in [1.29, 1.82) is 0 Å². The first kappa shape index (κ1) is 7.98. The lowest BCUT2D eigenvalue weighted by atomic mass is 10.1. The lowest BCUT2D eigenvalue weighted by molar-refractivity contribution is 0.281. The fourth-order valence-corrected chi connectivity index (χ4v) is 1.39. The van der Waals surface area contributed by atoms with Crippen molar-refractivity contribution in [3.05, 3.63) is 0 Å². The molecule has 0 amide bonds. The smallest absolute Gasteiger partial charge is 0.0556 e. The van der Waals surface area contributed by atoms with Gasteiger partial charge >= 0.3 is 0 Å². The van der Waals surface area contributed by atoms with Gasteiger partial charge < -0.3 is 15.7 Å². The number of hydrogen-bond acceptors (Lipinski definition) is 3. The van der Waals surface area contributed by atoms with Gasteiger partial charge in [0.25, 0.3) is 0 Å². The lowest BCUT2D eigenvalue weighted by Crippen LogP contribution is -2.39. The van der Waals surface area contributed by atoms with E-state index in [0.29, 0.717) is 12.1 Å². The van der Waals surface area contributed by atoms with Gasteiger partial charge in [0.15, 0.2) is 0 Å². The summed E-state index contributed by atoms with van der Waals surface area (Å²) in [7, 11) is 0. The number of hydrogen-bond donors (Lipinski definition) is 3. The van der Waals surface area contributed by atoms with Gasteiger partial charge in [0.05, 0.1) is 6.61 Å². The second-order valence-electron chi connectivity index (χ2n) is 2.82. The van der Waals surface area contributed by atoms with Gasteiger partial charge in [0.2, 0.25) is 0 Å². The van der Waals surface area contributed by atoms with Crippen molar-refractivity contribution in [2.45, 2.75) is 25.4 Å². The van der Waals surface area contributed by atoms with Crippen molar-refractivity contribution in [2.75, 3.05) is 19.7 Å². The summed E-state index contributed by atoms with van der Waals surface area (Å²) in [4.78, 5) is 0. The van der Waals surface area contributed by atoms with E-state index in [1.807, 2.05) is 0 Å². The molecule has 1 aliphatic heterocycles. The van der Waals surface area contributed by atoms with Crippen LogP contribution < -0.4 is 10.6 Å². The van der Waals surface area contributed by atoms with E-state index in [-0.39, 0.29) is 6.61 Å². The van der Waals surface area contributed by atoms with Crippen molar-refractivity contribution in [2.24, 2.45) is 0 Å². The predicted molar refractivity (Wildman–Crippen MR) is 41.0 cm³/mol. The maximum Gasteiger partial charge on any atom is 0.0556 e. The molecule has 0 aromatic rings. The molecule has 3 heteroatoms. The van der Waals surface area contributed by atoms with Gasteiger partial charge in [0, 0.05) is 18.6 Å². The van der Waals surface area contributed by atoms with Crippen molar-refractivity contribution >= 4 is 0 Å². The standard InChI is InChI=1S/C7H16N2O/c1-6-7(2-3-8-6)9-4-5-10/h6-10H,2-5H2,1H3. The number of rotatable bonds is 3. The van der Waals surface area contributed by atoms with Crippen LogP contribution in [0.3, 0.4) is 0 Å². The van der Waals surface area contributed by atoms with E-state index in [1.165, 1.54) is 6.42 Å². The minimum atomic E-state index is 0.239. The summed E-state index contributed by atoms with van der Waals surface area (Å²) in [6.07, 6.45) is 1.18. The van der Waals surface area contributed by atoms with E-state index >= 15 is 0 Å². The molecule has 0 aromatic heterocycles. The summed E-state index contributed by atoms with van der Waals surface area (Å²) in [5, 5.41) is 15.1. The molecule has 10 heavy (non-hydrogen) atoms. The molecule has 0 bridgehead atoms. The molecule has 3 N–H and O–H groups in total. The second-order valence-corrected chi connectivity index (χ2v) is 2.82. The SMILES string of the molecule is CC1NCCC1NCCO. The van der Waals surface area contributed by atoms with Gasteiger partial charge in [-0.2, -0.15) is 0 Å². The van der Waals surface area contributed by atoms with Crippen molar-refractivity contribution in [3.8, 4) is 0 Å². The first-order valence-electron chi connectivity index (χ1n) is 3.92. The van der Waals surface area contributed by atoms with Crippen LogP contribution >= 0.6 is 0 Å². The van der Waals surface area contributed by atoms with Gasteiger partial charge in [-0.3, -0.25) is 0 Å². The quantitative estimate of drug-likeness (QED) is 0.491. The zero-order valence-corrected chi connectivity index (χ0v) is 6.43. The number of aliphatic hydroxyl groups excluding tert-OH is 1. The molecule has 1 saturated heterocycles. The van der Waals surface area contributed by atoms with Crippen molar-refractivity contribution in [1.82, 2.24) is 10.6 Å². The van der Waals surface area contributed by atoms with Crippen LogP contribution in [0, 0.1) is 0 Å². The number of aliphatic hydroxyl groups is 1. The zero-order chi connectivity index (χ0) is 7.40. The molecule has 60 valence electrons. The summed E-state index contributed by atoms with van der Waals surface area (Å²) in [5.41, 5.74) is 0. The van der Waals surface area contributed by atoms with Crippen LogP contribution in [-0.4, -0.2) is 36.9 Å². The van der Waals surface area contributed by atoms with Gasteiger partial charge in [-0.1, -0.05) is 0 Å². The second kappa shape index (κ2) is 3.91. The normalized spacial score (nSPS) is 33.0. The summed E-state index contributed by atoms with van der Waals surface area (Å²) in [6, 6.07) is 1.12. The third kappa shape index (κ3) is 1.94. The van der Waals surface area contributed by atoms with Crippen LogP contribution in [-0.2, 0) is 0 Å². The Kier molecular flexibility index (Phi) is 3.12. The van der Waals surface area contributed by atoms with Crippen LogP contribution in [0.5, 0.6) is 0 Å². The summed E-state index contributed by atoms with van der Waals surface area (Å²) < 4.78 is 0. The molecule has 0 spiro atoms. The average Bonchev–Trinajstić information content (AvgIpc) is 2.31. The van der Waals surface area contributed by atoms with Crippen molar-refractivity contribution < 1.29 is 5.11 Å². The maximum absolute atomic E-state index is 8.53. The van der Waals surface area contributed by atoms with E-state index in [1.54, 1.807) is 0 Å². The van der Waals surface area contributed by atoms with E-state index in [0.717, 1.165) is 13.1 Å². The largest absolute Gasteiger partial charge is 0.395 e. The van der Waals surface area contributed by atoms with Crippen LogP contribution in [0.4, 0.5) is 0 Å². The van der Waals surface area contributed by atoms with Gasteiger partial charge in [-0.15, -0.1) is 0 Å². The first-order valence-corrected chi connectivity index (χ1v) is 3.92. The Morgan fingerprint density at radius 2 is 2.50 bits per heavy atom. The molecule has 2 atom stereocenters. The highest BCUT2D eigenvalue weighted by atomic mass is 16.3. The van der Waals surface area contributed by atoms with Crippen LogP contribution in [0.15, 0.2) is 0 Å². The number of nitrogens with one attached hydrogen (secondary N) is 2. The van der Waals surface area contributed by atoms with Crippen molar-refractivity contribution in [3.63, 3.8) is 0 Å². The third-order valence-corrected chi connectivity index (χ3v) is 2.04. The lowest BCUT2D eigenvalue weighted by Gasteiger charge is -2.15. The van der Waals surface area contributed by atoms with Gasteiger partial charge in [0.1, 0.15) is 0 Å². The third-order valence-electron chi connectivity index (χ3n) is 2.04. The first-order chi connectivity index (χ1) is 4.84. The molecule has 2 unspecified atom stereocenters. The Bertz CT molecular complexity index is 97.6. The summed E-state index contributed by atoms with van der Waals surface area (Å²) in [6.45, 7) is 4.23. The monoisotopic (exact) mass is 144 g/mol. The van der Waals surface area contributed by atoms with E-state index in [9.17, 15) is 0 Å². The molecule has 1 rings (SSSR count). The fraction of sp³-hybridized carbons (Fsp3) is 1.00. The molecule has 0 radical (unpaired) electrons. The van der Waals surface area contributed by atoms with Crippen LogP contribution in [0.1, 0.15) is 13.3 Å².